The number of carbonyl (C=O) groups excluding carboxylic acids is 2. The number of hydrogen-bond donors (Lipinski definition) is 0. The van der Waals surface area contributed by atoms with Gasteiger partial charge in [0.25, 0.3) is 0 Å². The number of esters is 2. The molecule has 0 spiro atoms. The molecule has 1 unspecified atom stereocenters. The summed E-state index contributed by atoms with van der Waals surface area (Å²) in [5.41, 5.74) is 0.352. The highest BCUT2D eigenvalue weighted by atomic mass is 31.2. The van der Waals surface area contributed by atoms with Gasteiger partial charge in [0.1, 0.15) is 0 Å². The van der Waals surface area contributed by atoms with Gasteiger partial charge in [-0.05, 0) is 26.0 Å². The van der Waals surface area contributed by atoms with Crippen molar-refractivity contribution < 1.29 is 42.1 Å². The third-order valence-electron chi connectivity index (χ3n) is 3.63. The second-order valence-electron chi connectivity index (χ2n) is 5.83. The van der Waals surface area contributed by atoms with Crippen LogP contribution in [0.15, 0.2) is 30.3 Å². The summed E-state index contributed by atoms with van der Waals surface area (Å²) in [5.74, 6) is -1.18. The van der Waals surface area contributed by atoms with Crippen LogP contribution in [-0.2, 0) is 37.4 Å². The van der Waals surface area contributed by atoms with E-state index in [2.05, 4.69) is 0 Å². The molecule has 1 aromatic carbocycles. The second-order valence-corrected chi connectivity index (χ2v) is 7.83. The molecule has 0 N–H and O–H groups in total. The molecule has 1 aliphatic rings. The fourth-order valence-corrected chi connectivity index (χ4v) is 3.89. The largest absolute Gasteiger partial charge is 0.452 e. The van der Waals surface area contributed by atoms with Crippen LogP contribution in [0.1, 0.15) is 37.6 Å². The van der Waals surface area contributed by atoms with E-state index < -0.39 is 38.2 Å². The highest BCUT2D eigenvalue weighted by Crippen LogP contribution is 2.48. The molecule has 0 radical (unpaired) electrons. The third-order valence-corrected chi connectivity index (χ3v) is 5.40. The first-order valence-electron chi connectivity index (χ1n) is 8.95. The lowest BCUT2D eigenvalue weighted by Crippen LogP contribution is -2.31. The van der Waals surface area contributed by atoms with Gasteiger partial charge < -0.3 is 28.0 Å². The van der Waals surface area contributed by atoms with Crippen molar-refractivity contribution in [3.05, 3.63) is 35.9 Å². The minimum atomic E-state index is -3.43. The summed E-state index contributed by atoms with van der Waals surface area (Å²) in [6.07, 6.45) is -3.17. The maximum Gasteiger partial charge on any atom is 0.356 e. The Hall–Kier alpha value is -1.77. The number of rotatable bonds is 10. The monoisotopic (exact) mass is 416 g/mol. The topological polar surface area (TPSA) is 107 Å². The summed E-state index contributed by atoms with van der Waals surface area (Å²) < 4.78 is 44.2. The van der Waals surface area contributed by atoms with Gasteiger partial charge in [0.05, 0.1) is 18.8 Å². The fourth-order valence-electron chi connectivity index (χ4n) is 2.53. The van der Waals surface area contributed by atoms with Crippen molar-refractivity contribution in [2.45, 2.75) is 45.9 Å². The number of hydrogen-bond acceptors (Lipinski definition) is 9. The average Bonchev–Trinajstić information content (AvgIpc) is 3.02. The van der Waals surface area contributed by atoms with Crippen LogP contribution in [0.4, 0.5) is 0 Å². The molecule has 9 nitrogen and oxygen atoms in total. The molecular formula is C18H25O9P. The van der Waals surface area contributed by atoms with Crippen molar-refractivity contribution in [1.29, 1.82) is 0 Å². The van der Waals surface area contributed by atoms with Crippen molar-refractivity contribution in [3.8, 4) is 0 Å². The molecule has 1 heterocycles. The zero-order chi connectivity index (χ0) is 20.6. The van der Waals surface area contributed by atoms with Crippen LogP contribution < -0.4 is 0 Å². The van der Waals surface area contributed by atoms with Gasteiger partial charge in [0.15, 0.2) is 18.7 Å². The van der Waals surface area contributed by atoms with E-state index in [0.29, 0.717) is 5.56 Å². The van der Waals surface area contributed by atoms with Crippen LogP contribution in [0.3, 0.4) is 0 Å². The normalized spacial score (nSPS) is 22.0. The van der Waals surface area contributed by atoms with Crippen LogP contribution in [0.25, 0.3) is 0 Å². The zero-order valence-electron chi connectivity index (χ0n) is 16.1. The maximum atomic E-state index is 12.5. The van der Waals surface area contributed by atoms with Gasteiger partial charge in [-0.2, -0.15) is 0 Å². The van der Waals surface area contributed by atoms with Gasteiger partial charge in [0.2, 0.25) is 6.29 Å². The third kappa shape index (κ3) is 6.68. The molecule has 1 aliphatic heterocycles. The summed E-state index contributed by atoms with van der Waals surface area (Å²) in [7, 11) is -3.43. The van der Waals surface area contributed by atoms with Gasteiger partial charge in [-0.25, -0.2) is 4.79 Å². The first kappa shape index (κ1) is 22.5. The van der Waals surface area contributed by atoms with Crippen LogP contribution in [0, 0.1) is 0 Å². The smallest absolute Gasteiger partial charge is 0.356 e. The molecule has 28 heavy (non-hydrogen) atoms. The van der Waals surface area contributed by atoms with Crippen molar-refractivity contribution in [1.82, 2.24) is 0 Å². The fraction of sp³-hybridized carbons (Fsp3) is 0.556. The molecular weight excluding hydrogens is 391 g/mol. The van der Waals surface area contributed by atoms with Crippen LogP contribution >= 0.6 is 7.60 Å². The Morgan fingerprint density at radius 3 is 2.32 bits per heavy atom. The van der Waals surface area contributed by atoms with Crippen molar-refractivity contribution in [2.24, 2.45) is 0 Å². The number of carbonyl (C=O) groups is 2. The van der Waals surface area contributed by atoms with Crippen molar-refractivity contribution in [2.75, 3.05) is 19.6 Å². The molecule has 0 aromatic heterocycles. The molecule has 0 amide bonds. The standard InChI is InChI=1S/C18H25O9P/c1-4-23-28(21,24-5-2)12-22-16-11-15(18(27-16)25-13(3)19)26-17(20)14-9-7-6-8-10-14/h6-10,15-16,18H,4-5,11-12H2,1-3H3/t15?,16-,18-/m0/s1. The molecule has 10 heteroatoms. The summed E-state index contributed by atoms with van der Waals surface area (Å²) in [6, 6.07) is 8.39. The summed E-state index contributed by atoms with van der Waals surface area (Å²) >= 11 is 0. The lowest BCUT2D eigenvalue weighted by atomic mass is 10.2. The number of benzene rings is 1. The predicted molar refractivity (Wildman–Crippen MR) is 97.5 cm³/mol. The summed E-state index contributed by atoms with van der Waals surface area (Å²) in [6.45, 7) is 4.98. The second kappa shape index (κ2) is 10.7. The van der Waals surface area contributed by atoms with E-state index in [4.69, 9.17) is 28.0 Å². The van der Waals surface area contributed by atoms with Crippen molar-refractivity contribution in [3.63, 3.8) is 0 Å². The van der Waals surface area contributed by atoms with E-state index >= 15 is 0 Å². The summed E-state index contributed by atoms with van der Waals surface area (Å²) in [4.78, 5) is 23.6. The van der Waals surface area contributed by atoms with E-state index in [0.717, 1.165) is 0 Å². The van der Waals surface area contributed by atoms with Crippen molar-refractivity contribution >= 4 is 19.5 Å². The Balaban J connectivity index is 2.00. The quantitative estimate of drug-likeness (QED) is 0.420. The van der Waals surface area contributed by atoms with Gasteiger partial charge in [0, 0.05) is 13.3 Å². The molecule has 2 rings (SSSR count). The van der Waals surface area contributed by atoms with Crippen LogP contribution in [-0.4, -0.2) is 50.2 Å². The molecule has 0 saturated carbocycles. The highest BCUT2D eigenvalue weighted by Gasteiger charge is 2.42. The predicted octanol–water partition coefficient (Wildman–Crippen LogP) is 3.09. The molecule has 1 saturated heterocycles. The van der Waals surface area contributed by atoms with E-state index in [1.807, 2.05) is 0 Å². The van der Waals surface area contributed by atoms with Crippen LogP contribution in [0.5, 0.6) is 0 Å². The zero-order valence-corrected chi connectivity index (χ0v) is 17.0. The number of ether oxygens (including phenoxy) is 4. The SMILES string of the molecule is CCOP(=O)(CO[C@@H]1CC(OC(=O)c2ccccc2)[C@@H](OC(C)=O)O1)OCC. The molecule has 1 aromatic rings. The van der Waals surface area contributed by atoms with E-state index in [1.165, 1.54) is 6.92 Å². The first-order valence-corrected chi connectivity index (χ1v) is 10.7. The Morgan fingerprint density at radius 2 is 1.75 bits per heavy atom. The average molecular weight is 416 g/mol. The molecule has 156 valence electrons. The molecule has 0 aliphatic carbocycles. The molecule has 3 atom stereocenters. The lowest BCUT2D eigenvalue weighted by molar-refractivity contribution is -0.213. The lowest BCUT2D eigenvalue weighted by Gasteiger charge is -2.19. The minimum Gasteiger partial charge on any atom is -0.452 e. The van der Waals surface area contributed by atoms with E-state index in [9.17, 15) is 14.2 Å². The molecule has 0 bridgehead atoms. The molecule has 1 fully saturated rings. The Morgan fingerprint density at radius 1 is 1.11 bits per heavy atom. The maximum absolute atomic E-state index is 12.5. The summed E-state index contributed by atoms with van der Waals surface area (Å²) in [5, 5.41) is 0. The van der Waals surface area contributed by atoms with Gasteiger partial charge in [-0.1, -0.05) is 18.2 Å². The minimum absolute atomic E-state index is 0.0920. The van der Waals surface area contributed by atoms with E-state index in [-0.39, 0.29) is 26.0 Å². The van der Waals surface area contributed by atoms with Gasteiger partial charge in [-0.15, -0.1) is 0 Å². The van der Waals surface area contributed by atoms with E-state index in [1.54, 1.807) is 44.2 Å². The van der Waals surface area contributed by atoms with Gasteiger partial charge in [-0.3, -0.25) is 9.36 Å². The Labute approximate surface area is 163 Å². The highest BCUT2D eigenvalue weighted by molar-refractivity contribution is 7.53. The Bertz CT molecular complexity index is 684. The Kier molecular flexibility index (Phi) is 8.59. The van der Waals surface area contributed by atoms with Gasteiger partial charge >= 0.3 is 19.5 Å². The van der Waals surface area contributed by atoms with Crippen LogP contribution in [0.2, 0.25) is 0 Å². The first-order chi connectivity index (χ1) is 13.4.